The van der Waals surface area contributed by atoms with Crippen molar-refractivity contribution in [3.05, 3.63) is 362 Å². The number of aryl methyl sites for hydroxylation is 4. The van der Waals surface area contributed by atoms with Gasteiger partial charge in [0.05, 0.1) is 39.9 Å². The molecule has 0 N–H and O–H groups in total. The number of aromatic nitrogens is 8. The molecule has 4 aromatic heterocycles. The van der Waals surface area contributed by atoms with Crippen molar-refractivity contribution < 1.29 is 0 Å². The lowest BCUT2D eigenvalue weighted by molar-refractivity contribution is 1.11. The van der Waals surface area contributed by atoms with Crippen LogP contribution in [0.25, 0.3) is 124 Å². The molecule has 15 rings (SSSR count). The van der Waals surface area contributed by atoms with E-state index in [1.54, 1.807) is 0 Å². The average Bonchev–Trinajstić information content (AvgIpc) is 1.20. The predicted molar refractivity (Wildman–Crippen MR) is 387 cm³/mol. The molecule has 0 fully saturated rings. The van der Waals surface area contributed by atoms with Gasteiger partial charge in [-0.2, -0.15) is 0 Å². The fourth-order valence-electron chi connectivity index (χ4n) is 10.6. The summed E-state index contributed by atoms with van der Waals surface area (Å²) in [6, 6.07) is 115. The summed E-state index contributed by atoms with van der Waals surface area (Å²) in [5, 5.41) is 0. The minimum atomic E-state index is 0.748. The van der Waals surface area contributed by atoms with Crippen LogP contribution in [0.15, 0.2) is 340 Å². The third-order valence-electron chi connectivity index (χ3n) is 15.5. The molecule has 0 atom stereocenters. The molecule has 0 saturated heterocycles. The van der Waals surface area contributed by atoms with Crippen molar-refractivity contribution >= 4 is 0 Å². The SMILES string of the molecule is Cc1cc(-c2ccccc2)nc(-c2ccccc2)n1.Cc1ccc(-c2cc(-c3ccccc3)nc(-c3ccccc3)n2)cc1.Cc1cccc(-c2cc(-c3ccccc3)nc(-c3ccccc3)n2)c1.Cc1ccccc1-c1cc(-c2ccccc2)nc(-c2ccccc2)n1. The molecular formula is C86H68N8. The first-order chi connectivity index (χ1) is 46.2. The molecule has 0 amide bonds. The maximum atomic E-state index is 4.85. The highest BCUT2D eigenvalue weighted by molar-refractivity contribution is 5.76. The van der Waals surface area contributed by atoms with E-state index in [1.807, 2.05) is 207 Å². The zero-order chi connectivity index (χ0) is 64.3. The smallest absolute Gasteiger partial charge is 0.160 e. The second-order valence-corrected chi connectivity index (χ2v) is 22.6. The lowest BCUT2D eigenvalue weighted by Gasteiger charge is -2.10. The van der Waals surface area contributed by atoms with Gasteiger partial charge in [0.1, 0.15) is 0 Å². The first-order valence-corrected chi connectivity index (χ1v) is 31.4. The van der Waals surface area contributed by atoms with E-state index >= 15 is 0 Å². The molecule has 452 valence electrons. The van der Waals surface area contributed by atoms with E-state index in [1.165, 1.54) is 16.7 Å². The van der Waals surface area contributed by atoms with E-state index in [9.17, 15) is 0 Å². The van der Waals surface area contributed by atoms with Gasteiger partial charge in [0.15, 0.2) is 23.3 Å². The Morgan fingerprint density at radius 1 is 0.170 bits per heavy atom. The Morgan fingerprint density at radius 3 is 0.787 bits per heavy atom. The van der Waals surface area contributed by atoms with Gasteiger partial charge in [0.2, 0.25) is 0 Å². The van der Waals surface area contributed by atoms with Gasteiger partial charge in [-0.05, 0) is 63.6 Å². The molecule has 0 unspecified atom stereocenters. The first kappa shape index (κ1) is 62.0. The highest BCUT2D eigenvalue weighted by Gasteiger charge is 2.15. The Morgan fingerprint density at radius 2 is 0.436 bits per heavy atom. The largest absolute Gasteiger partial charge is 0.233 e. The van der Waals surface area contributed by atoms with Crippen LogP contribution in [0.5, 0.6) is 0 Å². The summed E-state index contributed by atoms with van der Waals surface area (Å²) < 4.78 is 0. The summed E-state index contributed by atoms with van der Waals surface area (Å²) >= 11 is 0. The standard InChI is InChI=1S/3C23H18N2.C17H14N2/c1-17-10-8-9-15-20(17)22-16-21(18-11-4-2-5-12-18)24-23(25-22)19-13-6-3-7-14-19;1-17-9-8-14-20(15-17)22-16-21(18-10-4-2-5-11-18)24-23(25-22)19-12-6-3-7-13-19;1-17-12-14-19(15-13-17)22-16-21(18-8-4-2-5-9-18)24-23(25-22)20-10-6-3-7-11-20;1-13-12-16(14-8-4-2-5-9-14)19-17(18-13)15-10-6-3-7-11-15/h3*2-16H,1H3;2-12H,1H3. The summed E-state index contributed by atoms with van der Waals surface area (Å²) in [5.74, 6) is 3.02. The van der Waals surface area contributed by atoms with E-state index < -0.39 is 0 Å². The topological polar surface area (TPSA) is 103 Å². The van der Waals surface area contributed by atoms with Crippen LogP contribution >= 0.6 is 0 Å². The van der Waals surface area contributed by atoms with E-state index in [-0.39, 0.29) is 0 Å². The Balaban J connectivity index is 0.000000121. The van der Waals surface area contributed by atoms with Gasteiger partial charge in [-0.3, -0.25) is 0 Å². The molecule has 0 radical (unpaired) electrons. The summed E-state index contributed by atoms with van der Waals surface area (Å²) in [5.41, 5.74) is 23.1. The lowest BCUT2D eigenvalue weighted by atomic mass is 10.0. The number of hydrogen-bond acceptors (Lipinski definition) is 8. The minimum Gasteiger partial charge on any atom is -0.233 e. The van der Waals surface area contributed by atoms with Gasteiger partial charge < -0.3 is 0 Å². The maximum Gasteiger partial charge on any atom is 0.160 e. The quantitative estimate of drug-likeness (QED) is 0.126. The second-order valence-electron chi connectivity index (χ2n) is 22.6. The van der Waals surface area contributed by atoms with Crippen molar-refractivity contribution in [1.82, 2.24) is 39.9 Å². The Bertz CT molecular complexity index is 4650. The van der Waals surface area contributed by atoms with Crippen molar-refractivity contribution in [2.75, 3.05) is 0 Å². The van der Waals surface area contributed by atoms with Gasteiger partial charge in [-0.15, -0.1) is 0 Å². The van der Waals surface area contributed by atoms with Crippen LogP contribution in [0.4, 0.5) is 0 Å². The van der Waals surface area contributed by atoms with E-state index in [0.29, 0.717) is 0 Å². The van der Waals surface area contributed by atoms with Crippen molar-refractivity contribution in [2.24, 2.45) is 0 Å². The number of rotatable bonds is 11. The summed E-state index contributed by atoms with van der Waals surface area (Å²) in [6.45, 7) is 8.30. The molecular weight excluding hydrogens is 1150 g/mol. The fraction of sp³-hybridized carbons (Fsp3) is 0.0465. The lowest BCUT2D eigenvalue weighted by Crippen LogP contribution is -1.96. The van der Waals surface area contributed by atoms with Gasteiger partial charge in [-0.1, -0.05) is 321 Å². The van der Waals surface area contributed by atoms with Gasteiger partial charge >= 0.3 is 0 Å². The molecule has 0 aliphatic heterocycles. The van der Waals surface area contributed by atoms with Crippen LogP contribution in [0.1, 0.15) is 22.4 Å². The predicted octanol–water partition coefficient (Wildman–Crippen LogP) is 21.5. The zero-order valence-electron chi connectivity index (χ0n) is 52.9. The minimum absolute atomic E-state index is 0.748. The van der Waals surface area contributed by atoms with Crippen LogP contribution in [0, 0.1) is 27.7 Å². The molecule has 94 heavy (non-hydrogen) atoms. The van der Waals surface area contributed by atoms with Crippen molar-refractivity contribution in [2.45, 2.75) is 27.7 Å². The van der Waals surface area contributed by atoms with Crippen LogP contribution in [-0.2, 0) is 0 Å². The number of hydrogen-bond donors (Lipinski definition) is 0. The molecule has 0 aliphatic carbocycles. The fourth-order valence-corrected chi connectivity index (χ4v) is 10.6. The summed E-state index contributed by atoms with van der Waals surface area (Å²) in [6.07, 6.45) is 0. The van der Waals surface area contributed by atoms with E-state index in [4.69, 9.17) is 29.9 Å². The zero-order valence-corrected chi connectivity index (χ0v) is 52.9. The van der Waals surface area contributed by atoms with Crippen molar-refractivity contribution in [3.8, 4) is 124 Å². The van der Waals surface area contributed by atoms with Gasteiger partial charge in [0, 0.05) is 66.9 Å². The molecule has 4 heterocycles. The van der Waals surface area contributed by atoms with Crippen LogP contribution < -0.4 is 0 Å². The Hall–Kier alpha value is -12.3. The molecule has 0 bridgehead atoms. The maximum absolute atomic E-state index is 4.85. The van der Waals surface area contributed by atoms with Crippen LogP contribution in [0.3, 0.4) is 0 Å². The van der Waals surface area contributed by atoms with Gasteiger partial charge in [-0.25, -0.2) is 39.9 Å². The average molecular weight is 1210 g/mol. The molecule has 15 aromatic rings. The normalized spacial score (nSPS) is 10.6. The highest BCUT2D eigenvalue weighted by Crippen LogP contribution is 2.32. The van der Waals surface area contributed by atoms with E-state index in [2.05, 4.69) is 170 Å². The van der Waals surface area contributed by atoms with E-state index in [0.717, 1.165) is 130 Å². The van der Waals surface area contributed by atoms with Crippen LogP contribution in [0.2, 0.25) is 0 Å². The molecule has 0 spiro atoms. The summed E-state index contributed by atoms with van der Waals surface area (Å²) in [4.78, 5) is 38.1. The molecule has 8 nitrogen and oxygen atoms in total. The Kier molecular flexibility index (Phi) is 20.1. The first-order valence-electron chi connectivity index (χ1n) is 31.4. The van der Waals surface area contributed by atoms with Crippen molar-refractivity contribution in [3.63, 3.8) is 0 Å². The third kappa shape index (κ3) is 16.2. The molecule has 8 heteroatoms. The van der Waals surface area contributed by atoms with Crippen molar-refractivity contribution in [1.29, 1.82) is 0 Å². The molecule has 11 aromatic carbocycles. The van der Waals surface area contributed by atoms with Crippen LogP contribution in [-0.4, -0.2) is 39.9 Å². The Labute approximate surface area is 550 Å². The molecule has 0 saturated carbocycles. The summed E-state index contributed by atoms with van der Waals surface area (Å²) in [7, 11) is 0. The second kappa shape index (κ2) is 30.5. The monoisotopic (exact) mass is 1210 g/mol. The van der Waals surface area contributed by atoms with Gasteiger partial charge in [0.25, 0.3) is 0 Å². The third-order valence-corrected chi connectivity index (χ3v) is 15.5. The number of benzene rings is 11. The molecule has 0 aliphatic rings. The number of nitrogens with zero attached hydrogens (tertiary/aromatic N) is 8. The highest BCUT2D eigenvalue weighted by atomic mass is 14.9.